The Balaban J connectivity index is 1.57. The third-order valence-electron chi connectivity index (χ3n) is 10.4. The topological polar surface area (TPSA) is 46.5 Å². The monoisotopic (exact) mass is 390 g/mol. The molecule has 0 aromatic heterocycles. The molecule has 0 aromatic carbocycles. The summed E-state index contributed by atoms with van der Waals surface area (Å²) in [5.74, 6) is 3.81. The van der Waals surface area contributed by atoms with Gasteiger partial charge in [0.1, 0.15) is 6.10 Å². The van der Waals surface area contributed by atoms with Crippen LogP contribution in [0.1, 0.15) is 92.4 Å². The molecule has 4 saturated carbocycles. The molecule has 0 spiro atoms. The van der Waals surface area contributed by atoms with Crippen molar-refractivity contribution in [2.75, 3.05) is 0 Å². The van der Waals surface area contributed by atoms with Crippen molar-refractivity contribution < 1.29 is 14.6 Å². The number of esters is 1. The van der Waals surface area contributed by atoms with Gasteiger partial charge in [-0.05, 0) is 97.7 Å². The van der Waals surface area contributed by atoms with Gasteiger partial charge in [0.15, 0.2) is 0 Å². The van der Waals surface area contributed by atoms with E-state index < -0.39 is 0 Å². The highest BCUT2D eigenvalue weighted by molar-refractivity contribution is 5.66. The fourth-order valence-electron chi connectivity index (χ4n) is 8.79. The van der Waals surface area contributed by atoms with Gasteiger partial charge >= 0.3 is 5.97 Å². The number of carbonyl (C=O) groups is 1. The van der Waals surface area contributed by atoms with Gasteiger partial charge in [0, 0.05) is 6.92 Å². The van der Waals surface area contributed by atoms with Gasteiger partial charge in [-0.1, -0.05) is 34.1 Å². The molecule has 28 heavy (non-hydrogen) atoms. The number of aliphatic hydroxyl groups excluding tert-OH is 1. The van der Waals surface area contributed by atoms with Gasteiger partial charge in [0.05, 0.1) is 6.10 Å². The predicted molar refractivity (Wildman–Crippen MR) is 112 cm³/mol. The molecule has 1 N–H and O–H groups in total. The van der Waals surface area contributed by atoms with Gasteiger partial charge < -0.3 is 9.84 Å². The summed E-state index contributed by atoms with van der Waals surface area (Å²) in [6, 6.07) is 0. The lowest BCUT2D eigenvalue weighted by atomic mass is 9.43. The minimum absolute atomic E-state index is 0.0643. The second-order valence-corrected chi connectivity index (χ2v) is 11.4. The lowest BCUT2D eigenvalue weighted by molar-refractivity contribution is -0.182. The van der Waals surface area contributed by atoms with Crippen LogP contribution in [-0.4, -0.2) is 23.3 Å². The van der Waals surface area contributed by atoms with E-state index in [0.717, 1.165) is 37.5 Å². The van der Waals surface area contributed by atoms with E-state index >= 15 is 0 Å². The van der Waals surface area contributed by atoms with Crippen LogP contribution in [0.2, 0.25) is 0 Å². The number of carbonyl (C=O) groups excluding carboxylic acids is 1. The Kier molecular flexibility index (Phi) is 5.39. The number of hydrogen-bond acceptors (Lipinski definition) is 3. The lowest BCUT2D eigenvalue weighted by Crippen LogP contribution is -2.58. The van der Waals surface area contributed by atoms with Crippen molar-refractivity contribution in [3.63, 3.8) is 0 Å². The Morgan fingerprint density at radius 2 is 1.75 bits per heavy atom. The molecule has 4 rings (SSSR count). The highest BCUT2D eigenvalue weighted by Crippen LogP contribution is 2.68. The van der Waals surface area contributed by atoms with Gasteiger partial charge in [0.2, 0.25) is 0 Å². The Morgan fingerprint density at radius 1 is 1.07 bits per heavy atom. The quantitative estimate of drug-likeness (QED) is 0.639. The van der Waals surface area contributed by atoms with Gasteiger partial charge in [-0.15, -0.1) is 0 Å². The highest BCUT2D eigenvalue weighted by atomic mass is 16.5. The number of fused-ring (bicyclic) bond motifs is 5. The fourth-order valence-corrected chi connectivity index (χ4v) is 8.79. The van der Waals surface area contributed by atoms with Crippen LogP contribution in [0.3, 0.4) is 0 Å². The molecule has 0 heterocycles. The third-order valence-corrected chi connectivity index (χ3v) is 10.4. The molecule has 4 aliphatic carbocycles. The Hall–Kier alpha value is -0.570. The summed E-state index contributed by atoms with van der Waals surface area (Å²) in [7, 11) is 0. The van der Waals surface area contributed by atoms with Gasteiger partial charge in [-0.25, -0.2) is 0 Å². The van der Waals surface area contributed by atoms with Crippen LogP contribution in [0, 0.1) is 46.3 Å². The number of ether oxygens (including phenoxy) is 1. The summed E-state index contributed by atoms with van der Waals surface area (Å²) in [6.45, 7) is 11.4. The Bertz CT molecular complexity index is 603. The largest absolute Gasteiger partial charge is 0.463 e. The second-order valence-electron chi connectivity index (χ2n) is 11.4. The Morgan fingerprint density at radius 3 is 2.43 bits per heavy atom. The summed E-state index contributed by atoms with van der Waals surface area (Å²) in [5, 5.41) is 11.4. The molecule has 0 radical (unpaired) electrons. The van der Waals surface area contributed by atoms with Crippen LogP contribution in [0.15, 0.2) is 0 Å². The first-order valence-corrected chi connectivity index (χ1v) is 12.1. The molecule has 10 atom stereocenters. The van der Waals surface area contributed by atoms with Crippen LogP contribution < -0.4 is 0 Å². The first kappa shape index (κ1) is 20.7. The molecule has 3 heteroatoms. The van der Waals surface area contributed by atoms with Gasteiger partial charge in [0.25, 0.3) is 0 Å². The van der Waals surface area contributed by atoms with Crippen molar-refractivity contribution in [2.45, 2.75) is 105 Å². The number of hydrogen-bond donors (Lipinski definition) is 1. The molecule has 0 aliphatic heterocycles. The molecule has 6 unspecified atom stereocenters. The average molecular weight is 391 g/mol. The lowest BCUT2D eigenvalue weighted by Gasteiger charge is -2.62. The molecule has 0 amide bonds. The number of rotatable bonds is 3. The molecule has 0 saturated heterocycles. The third kappa shape index (κ3) is 3.06. The fraction of sp³-hybridized carbons (Fsp3) is 0.960. The first-order chi connectivity index (χ1) is 13.2. The maximum absolute atomic E-state index is 11.4. The highest BCUT2D eigenvalue weighted by Gasteiger charge is 2.62. The van der Waals surface area contributed by atoms with E-state index in [-0.39, 0.29) is 18.2 Å². The van der Waals surface area contributed by atoms with E-state index in [2.05, 4.69) is 27.7 Å². The summed E-state index contributed by atoms with van der Waals surface area (Å²) in [4.78, 5) is 11.4. The van der Waals surface area contributed by atoms with Crippen molar-refractivity contribution >= 4 is 5.97 Å². The SMILES string of the molecule is CCC(C)C1CCC2C3C(CC[C@]12C)[C@@]1(C)CC[C@@H](OC(C)=O)CC1C[C@H]3O. The van der Waals surface area contributed by atoms with Crippen LogP contribution >= 0.6 is 0 Å². The zero-order valence-electron chi connectivity index (χ0n) is 18.7. The first-order valence-electron chi connectivity index (χ1n) is 12.1. The Labute approximate surface area is 172 Å². The molecule has 0 bridgehead atoms. The minimum atomic E-state index is -0.167. The van der Waals surface area contributed by atoms with E-state index in [4.69, 9.17) is 4.74 Å². The predicted octanol–water partition coefficient (Wildman–Crippen LogP) is 5.59. The van der Waals surface area contributed by atoms with Crippen LogP contribution in [0.25, 0.3) is 0 Å². The summed E-state index contributed by atoms with van der Waals surface area (Å²) in [6.07, 6.45) is 10.5. The zero-order valence-corrected chi connectivity index (χ0v) is 18.7. The average Bonchev–Trinajstić information content (AvgIpc) is 2.99. The molecule has 160 valence electrons. The van der Waals surface area contributed by atoms with Crippen molar-refractivity contribution in [1.82, 2.24) is 0 Å². The molecule has 4 aliphatic rings. The standard InChI is InChI=1S/C25H42O3/c1-6-15(2)19-7-8-20-23-21(10-12-25(19,20)5)24(4)11-9-18(28-16(3)26)13-17(24)14-22(23)27/h15,17-23,27H,6-14H2,1-5H3/t15?,17?,18-,19?,20?,21?,22-,23?,24+,25-/m1/s1. The van der Waals surface area contributed by atoms with Crippen molar-refractivity contribution in [2.24, 2.45) is 46.3 Å². The van der Waals surface area contributed by atoms with E-state index in [1.807, 2.05) is 0 Å². The molecule has 0 aromatic rings. The second kappa shape index (κ2) is 7.29. The minimum Gasteiger partial charge on any atom is -0.463 e. The van der Waals surface area contributed by atoms with E-state index in [1.54, 1.807) is 0 Å². The van der Waals surface area contributed by atoms with E-state index in [9.17, 15) is 9.90 Å². The molecule has 4 fully saturated rings. The maximum atomic E-state index is 11.4. The van der Waals surface area contributed by atoms with Gasteiger partial charge in [-0.3, -0.25) is 4.79 Å². The van der Waals surface area contributed by atoms with Crippen LogP contribution in [-0.2, 0) is 9.53 Å². The summed E-state index contributed by atoms with van der Waals surface area (Å²) < 4.78 is 5.57. The number of aliphatic hydroxyl groups is 1. The van der Waals surface area contributed by atoms with Crippen molar-refractivity contribution in [3.8, 4) is 0 Å². The molecular formula is C25H42O3. The molecule has 3 nitrogen and oxygen atoms in total. The van der Waals surface area contributed by atoms with Crippen LogP contribution in [0.4, 0.5) is 0 Å². The van der Waals surface area contributed by atoms with Crippen molar-refractivity contribution in [3.05, 3.63) is 0 Å². The van der Waals surface area contributed by atoms with Gasteiger partial charge in [-0.2, -0.15) is 0 Å². The van der Waals surface area contributed by atoms with E-state index in [0.29, 0.717) is 34.5 Å². The summed E-state index contributed by atoms with van der Waals surface area (Å²) in [5.41, 5.74) is 0.742. The maximum Gasteiger partial charge on any atom is 0.302 e. The normalized spacial score (nSPS) is 51.6. The van der Waals surface area contributed by atoms with Crippen LogP contribution in [0.5, 0.6) is 0 Å². The molecular weight excluding hydrogens is 348 g/mol. The zero-order chi connectivity index (χ0) is 20.3. The summed E-state index contributed by atoms with van der Waals surface area (Å²) >= 11 is 0. The smallest absolute Gasteiger partial charge is 0.302 e. The van der Waals surface area contributed by atoms with Crippen molar-refractivity contribution in [1.29, 1.82) is 0 Å². The van der Waals surface area contributed by atoms with E-state index in [1.165, 1.54) is 39.0 Å².